The van der Waals surface area contributed by atoms with Crippen molar-refractivity contribution in [2.45, 2.75) is 13.5 Å². The summed E-state index contributed by atoms with van der Waals surface area (Å²) < 4.78 is 32.7. The number of halogens is 2. The number of hydrogen-bond acceptors (Lipinski definition) is 4. The van der Waals surface area contributed by atoms with E-state index in [4.69, 9.17) is 4.74 Å². The third kappa shape index (κ3) is 3.79. The van der Waals surface area contributed by atoms with Crippen molar-refractivity contribution in [1.29, 1.82) is 0 Å². The number of carbonyl (C=O) groups is 1. The molecule has 0 aliphatic heterocycles. The van der Waals surface area contributed by atoms with Crippen LogP contribution in [0.3, 0.4) is 0 Å². The first-order valence-electron chi connectivity index (χ1n) is 6.51. The maximum absolute atomic E-state index is 13.9. The van der Waals surface area contributed by atoms with Gasteiger partial charge in [-0.25, -0.2) is 9.18 Å². The number of anilines is 1. The van der Waals surface area contributed by atoms with Crippen LogP contribution in [0, 0.1) is 28.7 Å². The van der Waals surface area contributed by atoms with Crippen molar-refractivity contribution in [3.63, 3.8) is 0 Å². The lowest BCUT2D eigenvalue weighted by Crippen LogP contribution is -2.16. The Labute approximate surface area is 129 Å². The second kappa shape index (κ2) is 6.82. The zero-order chi connectivity index (χ0) is 17.0. The molecule has 0 aromatic heterocycles. The van der Waals surface area contributed by atoms with Crippen molar-refractivity contribution in [2.75, 3.05) is 5.32 Å². The summed E-state index contributed by atoms with van der Waals surface area (Å²) >= 11 is 0. The van der Waals surface area contributed by atoms with Crippen molar-refractivity contribution in [2.24, 2.45) is 0 Å². The Morgan fingerprint density at radius 3 is 2.52 bits per heavy atom. The van der Waals surface area contributed by atoms with Gasteiger partial charge in [-0.3, -0.25) is 15.4 Å². The first kappa shape index (κ1) is 16.3. The lowest BCUT2D eigenvalue weighted by Gasteiger charge is -2.10. The van der Waals surface area contributed by atoms with Gasteiger partial charge in [0.15, 0.2) is 5.82 Å². The SMILES string of the molecule is Cc1cc([N+](=O)[O-])c(F)c(NC(=O)OCc2ccccc2)c1F. The molecular weight excluding hydrogens is 310 g/mol. The van der Waals surface area contributed by atoms with Crippen LogP contribution in [0.4, 0.5) is 25.0 Å². The van der Waals surface area contributed by atoms with E-state index in [1.807, 2.05) is 5.32 Å². The zero-order valence-electron chi connectivity index (χ0n) is 12.0. The minimum Gasteiger partial charge on any atom is -0.444 e. The van der Waals surface area contributed by atoms with Crippen LogP contribution in [0.2, 0.25) is 0 Å². The quantitative estimate of drug-likeness (QED) is 0.683. The van der Waals surface area contributed by atoms with Gasteiger partial charge in [-0.1, -0.05) is 30.3 Å². The van der Waals surface area contributed by atoms with E-state index in [0.717, 1.165) is 6.07 Å². The number of aryl methyl sites for hydroxylation is 1. The standard InChI is InChI=1S/C15H12F2N2O4/c1-9-7-11(19(21)22)13(17)14(12(9)16)18-15(20)23-8-10-5-3-2-4-6-10/h2-7H,8H2,1H3,(H,18,20). The molecule has 0 saturated heterocycles. The fourth-order valence-electron chi connectivity index (χ4n) is 1.86. The van der Waals surface area contributed by atoms with Crippen molar-refractivity contribution in [1.82, 2.24) is 0 Å². The fourth-order valence-corrected chi connectivity index (χ4v) is 1.86. The van der Waals surface area contributed by atoms with Gasteiger partial charge in [-0.05, 0) is 18.1 Å². The Bertz CT molecular complexity index is 751. The minimum absolute atomic E-state index is 0.107. The Balaban J connectivity index is 2.16. The van der Waals surface area contributed by atoms with Crippen LogP contribution < -0.4 is 5.32 Å². The van der Waals surface area contributed by atoms with Crippen LogP contribution in [0.1, 0.15) is 11.1 Å². The highest BCUT2D eigenvalue weighted by Crippen LogP contribution is 2.30. The van der Waals surface area contributed by atoms with Gasteiger partial charge in [0.05, 0.1) is 4.92 Å². The number of amides is 1. The molecule has 0 heterocycles. The first-order valence-corrected chi connectivity index (χ1v) is 6.51. The molecule has 1 amide bonds. The highest BCUT2D eigenvalue weighted by molar-refractivity contribution is 5.85. The molecule has 0 spiro atoms. The topological polar surface area (TPSA) is 81.5 Å². The Morgan fingerprint density at radius 2 is 1.91 bits per heavy atom. The molecule has 0 atom stereocenters. The minimum atomic E-state index is -1.46. The molecule has 1 N–H and O–H groups in total. The van der Waals surface area contributed by atoms with Gasteiger partial charge < -0.3 is 4.74 Å². The Morgan fingerprint density at radius 1 is 1.26 bits per heavy atom. The Kier molecular flexibility index (Phi) is 4.85. The second-order valence-electron chi connectivity index (χ2n) is 4.66. The molecule has 2 aromatic rings. The predicted molar refractivity (Wildman–Crippen MR) is 78.0 cm³/mol. The van der Waals surface area contributed by atoms with E-state index in [0.29, 0.717) is 5.56 Å². The molecule has 2 rings (SSSR count). The molecule has 2 aromatic carbocycles. The molecule has 0 saturated carbocycles. The third-order valence-electron chi connectivity index (χ3n) is 3.00. The van der Waals surface area contributed by atoms with E-state index in [9.17, 15) is 23.7 Å². The number of carbonyl (C=O) groups excluding carboxylic acids is 1. The van der Waals surface area contributed by atoms with Crippen LogP contribution in [0.5, 0.6) is 0 Å². The summed E-state index contributed by atoms with van der Waals surface area (Å²) in [6.07, 6.45) is -1.12. The largest absolute Gasteiger partial charge is 0.444 e. The number of nitrogens with one attached hydrogen (secondary N) is 1. The van der Waals surface area contributed by atoms with Crippen LogP contribution in [-0.4, -0.2) is 11.0 Å². The van der Waals surface area contributed by atoms with E-state index in [2.05, 4.69) is 0 Å². The molecule has 0 aliphatic rings. The lowest BCUT2D eigenvalue weighted by atomic mass is 10.1. The highest BCUT2D eigenvalue weighted by atomic mass is 19.1. The highest BCUT2D eigenvalue weighted by Gasteiger charge is 2.25. The van der Waals surface area contributed by atoms with Crippen molar-refractivity contribution < 1.29 is 23.2 Å². The number of nitro benzene ring substituents is 1. The lowest BCUT2D eigenvalue weighted by molar-refractivity contribution is -0.387. The van der Waals surface area contributed by atoms with E-state index < -0.39 is 34.0 Å². The van der Waals surface area contributed by atoms with Crippen molar-refractivity contribution in [3.8, 4) is 0 Å². The molecule has 0 radical (unpaired) electrons. The monoisotopic (exact) mass is 322 g/mol. The summed E-state index contributed by atoms with van der Waals surface area (Å²) in [7, 11) is 0. The molecule has 23 heavy (non-hydrogen) atoms. The first-order chi connectivity index (χ1) is 10.9. The maximum atomic E-state index is 13.9. The van der Waals surface area contributed by atoms with Crippen molar-refractivity contribution in [3.05, 3.63) is 69.3 Å². The fraction of sp³-hybridized carbons (Fsp3) is 0.133. The van der Waals surface area contributed by atoms with Crippen LogP contribution in [0.25, 0.3) is 0 Å². The number of nitrogens with zero attached hydrogens (tertiary/aromatic N) is 1. The van der Waals surface area contributed by atoms with Gasteiger partial charge in [0, 0.05) is 6.07 Å². The molecule has 0 aliphatic carbocycles. The van der Waals surface area contributed by atoms with Gasteiger partial charge in [0.1, 0.15) is 12.3 Å². The van der Waals surface area contributed by atoms with Gasteiger partial charge in [0.2, 0.25) is 5.82 Å². The summed E-state index contributed by atoms with van der Waals surface area (Å²) in [4.78, 5) is 21.4. The van der Waals surface area contributed by atoms with Crippen LogP contribution in [0.15, 0.2) is 36.4 Å². The van der Waals surface area contributed by atoms with E-state index in [-0.39, 0.29) is 12.2 Å². The van der Waals surface area contributed by atoms with Gasteiger partial charge in [-0.2, -0.15) is 4.39 Å². The average Bonchev–Trinajstić information content (AvgIpc) is 2.53. The molecule has 6 nitrogen and oxygen atoms in total. The van der Waals surface area contributed by atoms with Gasteiger partial charge in [0.25, 0.3) is 0 Å². The smallest absolute Gasteiger partial charge is 0.412 e. The molecule has 8 heteroatoms. The number of nitro groups is 1. The molecular formula is C15H12F2N2O4. The summed E-state index contributed by atoms with van der Waals surface area (Å²) in [5.41, 5.74) is -1.33. The summed E-state index contributed by atoms with van der Waals surface area (Å²) in [5, 5.41) is 12.6. The number of hydrogen-bond donors (Lipinski definition) is 1. The molecule has 120 valence electrons. The number of rotatable bonds is 4. The zero-order valence-corrected chi connectivity index (χ0v) is 12.0. The summed E-state index contributed by atoms with van der Waals surface area (Å²) in [6.45, 7) is 1.12. The number of ether oxygens (including phenoxy) is 1. The number of benzene rings is 2. The second-order valence-corrected chi connectivity index (χ2v) is 4.66. The average molecular weight is 322 g/mol. The van der Waals surface area contributed by atoms with Crippen LogP contribution >= 0.6 is 0 Å². The maximum Gasteiger partial charge on any atom is 0.412 e. The third-order valence-corrected chi connectivity index (χ3v) is 3.00. The molecule has 0 bridgehead atoms. The van der Waals surface area contributed by atoms with Crippen molar-refractivity contribution >= 4 is 17.5 Å². The van der Waals surface area contributed by atoms with Gasteiger partial charge in [-0.15, -0.1) is 0 Å². The summed E-state index contributed by atoms with van der Waals surface area (Å²) in [5.74, 6) is -2.56. The molecule has 0 fully saturated rings. The van der Waals surface area contributed by atoms with E-state index in [1.54, 1.807) is 30.3 Å². The van der Waals surface area contributed by atoms with Gasteiger partial charge >= 0.3 is 11.8 Å². The summed E-state index contributed by atoms with van der Waals surface area (Å²) in [6, 6.07) is 9.41. The normalized spacial score (nSPS) is 10.2. The van der Waals surface area contributed by atoms with E-state index >= 15 is 0 Å². The van der Waals surface area contributed by atoms with E-state index in [1.165, 1.54) is 6.92 Å². The predicted octanol–water partition coefficient (Wildman–Crippen LogP) is 3.93. The van der Waals surface area contributed by atoms with Crippen LogP contribution in [-0.2, 0) is 11.3 Å². The Hall–Kier alpha value is -3.03. The molecule has 0 unspecified atom stereocenters.